The van der Waals surface area contributed by atoms with Gasteiger partial charge < -0.3 is 19.1 Å². The summed E-state index contributed by atoms with van der Waals surface area (Å²) in [6, 6.07) is 18.0. The predicted molar refractivity (Wildman–Crippen MR) is 106 cm³/mol. The molecule has 0 bridgehead atoms. The second kappa shape index (κ2) is 8.59. The van der Waals surface area contributed by atoms with Gasteiger partial charge in [0.2, 0.25) is 5.91 Å². The minimum absolute atomic E-state index is 0.121. The molecule has 2 aromatic rings. The molecule has 2 aromatic carbocycles. The molecule has 1 amide bonds. The number of fused-ring (bicyclic) bond motifs is 1. The quantitative estimate of drug-likeness (QED) is 0.577. The van der Waals surface area contributed by atoms with Crippen molar-refractivity contribution in [2.24, 2.45) is 0 Å². The third kappa shape index (κ3) is 4.23. The van der Waals surface area contributed by atoms with E-state index in [-0.39, 0.29) is 18.8 Å². The zero-order chi connectivity index (χ0) is 20.2. The number of amides is 1. The highest BCUT2D eigenvalue weighted by atomic mass is 16.7. The van der Waals surface area contributed by atoms with Crippen LogP contribution < -0.4 is 0 Å². The summed E-state index contributed by atoms with van der Waals surface area (Å²) in [6.45, 7) is 2.05. The summed E-state index contributed by atoms with van der Waals surface area (Å²) < 4.78 is 17.2. The molecule has 6 heteroatoms. The Kier molecular flexibility index (Phi) is 5.74. The summed E-state index contributed by atoms with van der Waals surface area (Å²) in [7, 11) is 0. The van der Waals surface area contributed by atoms with Crippen molar-refractivity contribution in [2.75, 3.05) is 6.79 Å². The van der Waals surface area contributed by atoms with Gasteiger partial charge in [-0.15, -0.1) is 0 Å². The molecule has 1 saturated heterocycles. The average molecular weight is 393 g/mol. The fraction of sp³-hybridized carbons (Fsp3) is 0.304. The summed E-state index contributed by atoms with van der Waals surface area (Å²) in [5.74, 6) is -0.560. The van der Waals surface area contributed by atoms with Gasteiger partial charge >= 0.3 is 5.97 Å². The lowest BCUT2D eigenvalue weighted by Gasteiger charge is -2.41. The normalized spacial score (nSPS) is 25.3. The van der Waals surface area contributed by atoms with Crippen molar-refractivity contribution >= 4 is 11.9 Å². The Bertz CT molecular complexity index is 883. The number of hydrogen-bond donors (Lipinski definition) is 0. The highest BCUT2D eigenvalue weighted by Gasteiger charge is 2.46. The molecule has 2 aliphatic rings. The van der Waals surface area contributed by atoms with E-state index in [1.807, 2.05) is 42.5 Å². The van der Waals surface area contributed by atoms with Crippen molar-refractivity contribution in [3.05, 3.63) is 83.9 Å². The number of benzene rings is 2. The average Bonchev–Trinajstić information content (AvgIpc) is 3.22. The summed E-state index contributed by atoms with van der Waals surface area (Å²) in [5.41, 5.74) is 1.45. The van der Waals surface area contributed by atoms with E-state index in [0.717, 1.165) is 5.56 Å². The predicted octanol–water partition coefficient (Wildman–Crippen LogP) is 2.94. The van der Waals surface area contributed by atoms with Crippen LogP contribution in [0, 0.1) is 0 Å². The van der Waals surface area contributed by atoms with Crippen molar-refractivity contribution in [1.82, 2.24) is 4.90 Å². The van der Waals surface area contributed by atoms with E-state index in [2.05, 4.69) is 0 Å². The fourth-order valence-corrected chi connectivity index (χ4v) is 3.80. The van der Waals surface area contributed by atoms with Crippen molar-refractivity contribution in [2.45, 2.75) is 37.8 Å². The van der Waals surface area contributed by atoms with Crippen LogP contribution in [-0.4, -0.2) is 47.9 Å². The molecule has 1 fully saturated rings. The summed E-state index contributed by atoms with van der Waals surface area (Å²) >= 11 is 0. The van der Waals surface area contributed by atoms with Gasteiger partial charge in [0.05, 0.1) is 5.56 Å². The van der Waals surface area contributed by atoms with Gasteiger partial charge in [0.25, 0.3) is 0 Å². The highest BCUT2D eigenvalue weighted by Crippen LogP contribution is 2.31. The molecule has 0 saturated carbocycles. The Balaban J connectivity index is 1.62. The number of nitrogens with zero attached hydrogens (tertiary/aromatic N) is 1. The van der Waals surface area contributed by atoms with E-state index in [4.69, 9.17) is 14.2 Å². The minimum atomic E-state index is -0.640. The van der Waals surface area contributed by atoms with Crippen LogP contribution in [0.3, 0.4) is 0 Å². The van der Waals surface area contributed by atoms with Gasteiger partial charge in [0, 0.05) is 13.5 Å². The lowest BCUT2D eigenvalue weighted by molar-refractivity contribution is -0.139. The second-order valence-electron chi connectivity index (χ2n) is 7.12. The largest absolute Gasteiger partial charge is 0.452 e. The lowest BCUT2D eigenvalue weighted by Crippen LogP contribution is -2.57. The van der Waals surface area contributed by atoms with Crippen LogP contribution in [0.1, 0.15) is 22.8 Å². The Morgan fingerprint density at radius 3 is 2.38 bits per heavy atom. The van der Waals surface area contributed by atoms with Crippen LogP contribution in [0.2, 0.25) is 0 Å². The molecule has 0 spiro atoms. The Morgan fingerprint density at radius 1 is 1.00 bits per heavy atom. The molecular weight excluding hydrogens is 370 g/mol. The van der Waals surface area contributed by atoms with Gasteiger partial charge in [-0.2, -0.15) is 0 Å². The van der Waals surface area contributed by atoms with Crippen molar-refractivity contribution in [3.63, 3.8) is 0 Å². The molecule has 0 unspecified atom stereocenters. The fourth-order valence-electron chi connectivity index (χ4n) is 3.80. The van der Waals surface area contributed by atoms with Crippen LogP contribution >= 0.6 is 0 Å². The number of ether oxygens (including phenoxy) is 3. The molecule has 0 aromatic heterocycles. The molecule has 1 aliphatic carbocycles. The van der Waals surface area contributed by atoms with Crippen LogP contribution in [0.4, 0.5) is 0 Å². The zero-order valence-electron chi connectivity index (χ0n) is 16.1. The molecule has 150 valence electrons. The van der Waals surface area contributed by atoms with E-state index < -0.39 is 24.2 Å². The molecule has 1 aliphatic heterocycles. The molecular formula is C23H23NO5. The smallest absolute Gasteiger partial charge is 0.338 e. The first-order valence-electron chi connectivity index (χ1n) is 9.62. The Morgan fingerprint density at radius 2 is 1.69 bits per heavy atom. The Labute approximate surface area is 169 Å². The number of rotatable bonds is 5. The lowest BCUT2D eigenvalue weighted by atomic mass is 9.91. The van der Waals surface area contributed by atoms with E-state index in [1.165, 1.54) is 6.92 Å². The monoisotopic (exact) mass is 393 g/mol. The van der Waals surface area contributed by atoms with Gasteiger partial charge in [-0.05, 0) is 23.8 Å². The highest BCUT2D eigenvalue weighted by molar-refractivity contribution is 5.89. The topological polar surface area (TPSA) is 65.1 Å². The number of hydrogen-bond acceptors (Lipinski definition) is 5. The van der Waals surface area contributed by atoms with E-state index in [1.54, 1.807) is 35.2 Å². The summed E-state index contributed by atoms with van der Waals surface area (Å²) in [4.78, 5) is 27.0. The minimum Gasteiger partial charge on any atom is -0.452 e. The van der Waals surface area contributed by atoms with Crippen LogP contribution in [0.5, 0.6) is 0 Å². The third-order valence-corrected chi connectivity index (χ3v) is 5.22. The third-order valence-electron chi connectivity index (χ3n) is 5.22. The first-order chi connectivity index (χ1) is 14.1. The molecule has 4 rings (SSSR count). The standard InChI is InChI=1S/C23H23NO5/c1-16(25)24(14-17-8-4-2-5-9-17)21-19(12-13-20-22(21)28-15-27-20)29-23(26)18-10-6-3-7-11-18/h2-13,19-22H,14-15H2,1H3/t19-,20+,21-,22+/m0/s1. The molecule has 29 heavy (non-hydrogen) atoms. The maximum Gasteiger partial charge on any atom is 0.338 e. The van der Waals surface area contributed by atoms with Crippen LogP contribution in [0.15, 0.2) is 72.8 Å². The van der Waals surface area contributed by atoms with Crippen molar-refractivity contribution < 1.29 is 23.8 Å². The van der Waals surface area contributed by atoms with E-state index in [9.17, 15) is 9.59 Å². The van der Waals surface area contributed by atoms with Gasteiger partial charge in [0.1, 0.15) is 31.1 Å². The molecule has 1 heterocycles. The number of esters is 1. The molecule has 4 atom stereocenters. The molecule has 0 radical (unpaired) electrons. The van der Waals surface area contributed by atoms with Crippen molar-refractivity contribution in [3.8, 4) is 0 Å². The first-order valence-corrected chi connectivity index (χ1v) is 9.62. The maximum atomic E-state index is 12.7. The summed E-state index contributed by atoms with van der Waals surface area (Å²) in [5, 5.41) is 0. The number of carbonyl (C=O) groups is 2. The van der Waals surface area contributed by atoms with Crippen LogP contribution in [0.25, 0.3) is 0 Å². The molecule has 6 nitrogen and oxygen atoms in total. The first kappa shape index (κ1) is 19.4. The summed E-state index contributed by atoms with van der Waals surface area (Å²) in [6.07, 6.45) is 2.32. The number of carbonyl (C=O) groups excluding carboxylic acids is 2. The zero-order valence-corrected chi connectivity index (χ0v) is 16.1. The van der Waals surface area contributed by atoms with Gasteiger partial charge in [-0.3, -0.25) is 4.79 Å². The Hall–Kier alpha value is -2.96. The SMILES string of the molecule is CC(=O)N(Cc1ccccc1)[C@@H]1[C@@H]2OCO[C@@H]2C=C[C@@H]1OC(=O)c1ccccc1. The van der Waals surface area contributed by atoms with Crippen LogP contribution in [-0.2, 0) is 25.5 Å². The van der Waals surface area contributed by atoms with Gasteiger partial charge in [-0.1, -0.05) is 54.6 Å². The second-order valence-corrected chi connectivity index (χ2v) is 7.12. The van der Waals surface area contributed by atoms with Gasteiger partial charge in [0.15, 0.2) is 0 Å². The van der Waals surface area contributed by atoms with Gasteiger partial charge in [-0.25, -0.2) is 4.79 Å². The maximum absolute atomic E-state index is 12.7. The molecule has 0 N–H and O–H groups in total. The van der Waals surface area contributed by atoms with E-state index >= 15 is 0 Å². The van der Waals surface area contributed by atoms with Crippen molar-refractivity contribution in [1.29, 1.82) is 0 Å². The van der Waals surface area contributed by atoms with E-state index in [0.29, 0.717) is 12.1 Å².